The monoisotopic (exact) mass is 462 g/mol. The topological polar surface area (TPSA) is 76.7 Å². The molecular weight excluding hydrogens is 440 g/mol. The molecule has 7 heteroatoms. The molecule has 2 amide bonds. The molecular formula is C26H23ClN2O4. The average Bonchev–Trinajstić information content (AvgIpc) is 2.82. The maximum absolute atomic E-state index is 13.0. The van der Waals surface area contributed by atoms with Crippen molar-refractivity contribution in [3.8, 4) is 5.75 Å². The standard InChI is InChI=1S/C26H23ClN2O4/c1-17-23(25(30)33-16-19-10-6-3-7-11-19)24(29-26(31)28-17)20-12-13-22(21(27)14-20)32-15-18-8-4-2-5-9-18/h2-14,24H,15-16H2,1H3,(H2,28,29,31). The van der Waals surface area contributed by atoms with Crippen molar-refractivity contribution in [1.29, 1.82) is 0 Å². The Morgan fingerprint density at radius 1 is 0.939 bits per heavy atom. The molecule has 6 nitrogen and oxygen atoms in total. The maximum atomic E-state index is 13.0. The predicted octanol–water partition coefficient (Wildman–Crippen LogP) is 5.29. The van der Waals surface area contributed by atoms with E-state index in [2.05, 4.69) is 10.6 Å². The van der Waals surface area contributed by atoms with Gasteiger partial charge in [0.2, 0.25) is 0 Å². The number of rotatable bonds is 7. The highest BCUT2D eigenvalue weighted by Gasteiger charge is 2.32. The van der Waals surface area contributed by atoms with Gasteiger partial charge in [0.25, 0.3) is 0 Å². The first-order valence-corrected chi connectivity index (χ1v) is 10.8. The van der Waals surface area contributed by atoms with Crippen LogP contribution in [0, 0.1) is 0 Å². The zero-order valence-electron chi connectivity index (χ0n) is 18.0. The van der Waals surface area contributed by atoms with E-state index in [4.69, 9.17) is 21.1 Å². The van der Waals surface area contributed by atoms with Crippen LogP contribution in [-0.2, 0) is 22.7 Å². The van der Waals surface area contributed by atoms with Crippen LogP contribution >= 0.6 is 11.6 Å². The highest BCUT2D eigenvalue weighted by atomic mass is 35.5. The lowest BCUT2D eigenvalue weighted by Crippen LogP contribution is -2.45. The molecule has 1 heterocycles. The summed E-state index contributed by atoms with van der Waals surface area (Å²) in [4.78, 5) is 25.1. The predicted molar refractivity (Wildman–Crippen MR) is 126 cm³/mol. The van der Waals surface area contributed by atoms with Crippen molar-refractivity contribution in [2.45, 2.75) is 26.2 Å². The van der Waals surface area contributed by atoms with Crippen LogP contribution in [0.4, 0.5) is 4.79 Å². The van der Waals surface area contributed by atoms with Gasteiger partial charge in [0.15, 0.2) is 0 Å². The summed E-state index contributed by atoms with van der Waals surface area (Å²) in [5, 5.41) is 5.81. The van der Waals surface area contributed by atoms with E-state index < -0.39 is 18.0 Å². The molecule has 0 aliphatic carbocycles. The molecule has 168 valence electrons. The lowest BCUT2D eigenvalue weighted by molar-refractivity contribution is -0.140. The molecule has 1 aliphatic rings. The third-order valence-corrected chi connectivity index (χ3v) is 5.52. The number of halogens is 1. The van der Waals surface area contributed by atoms with Gasteiger partial charge in [-0.05, 0) is 35.7 Å². The number of urea groups is 1. The quantitative estimate of drug-likeness (QED) is 0.468. The number of carbonyl (C=O) groups is 2. The van der Waals surface area contributed by atoms with Gasteiger partial charge in [-0.1, -0.05) is 78.3 Å². The lowest BCUT2D eigenvalue weighted by atomic mass is 9.95. The maximum Gasteiger partial charge on any atom is 0.338 e. The third kappa shape index (κ3) is 5.54. The molecule has 1 aliphatic heterocycles. The van der Waals surface area contributed by atoms with Crippen LogP contribution in [0.25, 0.3) is 0 Å². The van der Waals surface area contributed by atoms with Gasteiger partial charge in [0.05, 0.1) is 16.6 Å². The van der Waals surface area contributed by atoms with Crippen LogP contribution in [0.3, 0.4) is 0 Å². The van der Waals surface area contributed by atoms with Gasteiger partial charge in [-0.3, -0.25) is 0 Å². The Bertz CT molecular complexity index is 1180. The molecule has 0 fully saturated rings. The van der Waals surface area contributed by atoms with Crippen LogP contribution in [0.5, 0.6) is 5.75 Å². The van der Waals surface area contributed by atoms with Crippen LogP contribution in [-0.4, -0.2) is 12.0 Å². The van der Waals surface area contributed by atoms with E-state index in [1.165, 1.54) is 0 Å². The van der Waals surface area contributed by atoms with Crippen molar-refractivity contribution in [2.75, 3.05) is 0 Å². The molecule has 3 aromatic rings. The van der Waals surface area contributed by atoms with Crippen LogP contribution in [0.2, 0.25) is 5.02 Å². The van der Waals surface area contributed by atoms with Crippen molar-refractivity contribution < 1.29 is 19.1 Å². The molecule has 0 saturated carbocycles. The first-order chi connectivity index (χ1) is 16.0. The number of allylic oxidation sites excluding steroid dienone is 1. The number of amides is 2. The number of ether oxygens (including phenoxy) is 2. The van der Waals surface area contributed by atoms with Gasteiger partial charge in [-0.15, -0.1) is 0 Å². The van der Waals surface area contributed by atoms with E-state index in [9.17, 15) is 9.59 Å². The largest absolute Gasteiger partial charge is 0.487 e. The molecule has 0 spiro atoms. The highest BCUT2D eigenvalue weighted by Crippen LogP contribution is 2.33. The number of hydrogen-bond acceptors (Lipinski definition) is 4. The van der Waals surface area contributed by atoms with E-state index in [-0.39, 0.29) is 6.61 Å². The molecule has 0 saturated heterocycles. The van der Waals surface area contributed by atoms with Gasteiger partial charge in [-0.25, -0.2) is 9.59 Å². The zero-order valence-corrected chi connectivity index (χ0v) is 18.8. The van der Waals surface area contributed by atoms with Crippen molar-refractivity contribution in [3.05, 3.63) is 112 Å². The number of hydrogen-bond donors (Lipinski definition) is 2. The van der Waals surface area contributed by atoms with Crippen LogP contribution in [0.1, 0.15) is 29.7 Å². The minimum atomic E-state index is -0.706. The highest BCUT2D eigenvalue weighted by molar-refractivity contribution is 6.32. The van der Waals surface area contributed by atoms with E-state index in [1.54, 1.807) is 25.1 Å². The first-order valence-electron chi connectivity index (χ1n) is 10.5. The molecule has 33 heavy (non-hydrogen) atoms. The summed E-state index contributed by atoms with van der Waals surface area (Å²) in [7, 11) is 0. The van der Waals surface area contributed by atoms with Gasteiger partial charge in [0.1, 0.15) is 19.0 Å². The second kappa shape index (κ2) is 10.2. The Hall–Kier alpha value is -3.77. The molecule has 0 radical (unpaired) electrons. The molecule has 4 rings (SSSR count). The van der Waals surface area contributed by atoms with E-state index in [1.807, 2.05) is 60.7 Å². The fourth-order valence-electron chi connectivity index (χ4n) is 3.56. The summed E-state index contributed by atoms with van der Waals surface area (Å²) in [6.07, 6.45) is 0. The molecule has 0 aromatic heterocycles. The van der Waals surface area contributed by atoms with Gasteiger partial charge >= 0.3 is 12.0 Å². The number of carbonyl (C=O) groups excluding carboxylic acids is 2. The van der Waals surface area contributed by atoms with Crippen molar-refractivity contribution in [2.24, 2.45) is 0 Å². The number of benzene rings is 3. The zero-order chi connectivity index (χ0) is 23.2. The molecule has 3 aromatic carbocycles. The summed E-state index contributed by atoms with van der Waals surface area (Å²) < 4.78 is 11.4. The Balaban J connectivity index is 1.52. The molecule has 1 unspecified atom stereocenters. The SMILES string of the molecule is CC1=C(C(=O)OCc2ccccc2)C(c2ccc(OCc3ccccc3)c(Cl)c2)NC(=O)N1. The second-order valence-electron chi connectivity index (χ2n) is 7.60. The molecule has 1 atom stereocenters. The summed E-state index contributed by atoms with van der Waals surface area (Å²) in [5.74, 6) is -0.00665. The Morgan fingerprint density at radius 2 is 1.58 bits per heavy atom. The summed E-state index contributed by atoms with van der Waals surface area (Å²) in [6, 6.07) is 23.2. The Kier molecular flexibility index (Phi) is 6.95. The van der Waals surface area contributed by atoms with Gasteiger partial charge in [0, 0.05) is 5.70 Å². The van der Waals surface area contributed by atoms with Crippen LogP contribution in [0.15, 0.2) is 90.1 Å². The van der Waals surface area contributed by atoms with Gasteiger partial charge < -0.3 is 20.1 Å². The van der Waals surface area contributed by atoms with Crippen molar-refractivity contribution in [3.63, 3.8) is 0 Å². The van der Waals surface area contributed by atoms with Gasteiger partial charge in [-0.2, -0.15) is 0 Å². The number of nitrogens with one attached hydrogen (secondary N) is 2. The Morgan fingerprint density at radius 3 is 2.21 bits per heavy atom. The van der Waals surface area contributed by atoms with E-state index in [0.717, 1.165) is 11.1 Å². The number of esters is 1. The lowest BCUT2D eigenvalue weighted by Gasteiger charge is -2.28. The normalized spacial score (nSPS) is 15.5. The van der Waals surface area contributed by atoms with E-state index >= 15 is 0 Å². The fraction of sp³-hybridized carbons (Fsp3) is 0.154. The van der Waals surface area contributed by atoms with Crippen LogP contribution < -0.4 is 15.4 Å². The average molecular weight is 463 g/mol. The van der Waals surface area contributed by atoms with Crippen molar-refractivity contribution in [1.82, 2.24) is 10.6 Å². The second-order valence-corrected chi connectivity index (χ2v) is 8.00. The summed E-state index contributed by atoms with van der Waals surface area (Å²) >= 11 is 6.47. The van der Waals surface area contributed by atoms with E-state index in [0.29, 0.717) is 34.2 Å². The molecule has 2 N–H and O–H groups in total. The summed E-state index contributed by atoms with van der Waals surface area (Å²) in [6.45, 7) is 2.17. The molecule has 0 bridgehead atoms. The fourth-order valence-corrected chi connectivity index (χ4v) is 3.81. The minimum Gasteiger partial charge on any atom is -0.487 e. The first kappa shape index (κ1) is 22.4. The smallest absolute Gasteiger partial charge is 0.338 e. The van der Waals surface area contributed by atoms with Crippen molar-refractivity contribution >= 4 is 23.6 Å². The third-order valence-electron chi connectivity index (χ3n) is 5.23. The Labute approximate surface area is 197 Å². The summed E-state index contributed by atoms with van der Waals surface area (Å²) in [5.41, 5.74) is 3.29. The minimum absolute atomic E-state index is 0.129.